The Hall–Kier alpha value is -0.730. The normalized spacial score (nSPS) is 13.3. The molecule has 0 aliphatic heterocycles. The predicted octanol–water partition coefficient (Wildman–Crippen LogP) is 2.29. The molecule has 0 aromatic heterocycles. The van der Waals surface area contributed by atoms with Crippen LogP contribution in [-0.4, -0.2) is 35.7 Å². The van der Waals surface area contributed by atoms with Crippen LogP contribution in [0.3, 0.4) is 0 Å². The molecule has 0 aliphatic carbocycles. The molecular weight excluding hydrogens is 329 g/mol. The van der Waals surface area contributed by atoms with Gasteiger partial charge in [-0.25, -0.2) is 0 Å². The average molecular weight is 340 g/mol. The van der Waals surface area contributed by atoms with Crippen LogP contribution in [-0.2, 0) is 9.59 Å². The summed E-state index contributed by atoms with van der Waals surface area (Å²) >= 11 is 2.84. The van der Waals surface area contributed by atoms with Gasteiger partial charge in [0.05, 0.1) is 5.33 Å². The van der Waals surface area contributed by atoms with Gasteiger partial charge in [-0.15, -0.1) is 0 Å². The standard InChI is InChI=1S/C9H11BrF5NO2/c1-7(2,5(17)3-10)4-16-6(18)8(11,12)9(13,14)15/h3-4H2,1-2H3,(H,16,18). The molecule has 0 aliphatic rings. The first-order valence-electron chi connectivity index (χ1n) is 4.68. The molecule has 0 bridgehead atoms. The predicted molar refractivity (Wildman–Crippen MR) is 56.6 cm³/mol. The van der Waals surface area contributed by atoms with Crippen LogP contribution in [0.1, 0.15) is 13.8 Å². The minimum atomic E-state index is -5.96. The van der Waals surface area contributed by atoms with Crippen LogP contribution in [0.15, 0.2) is 0 Å². The van der Waals surface area contributed by atoms with Crippen LogP contribution in [0.25, 0.3) is 0 Å². The molecule has 0 spiro atoms. The van der Waals surface area contributed by atoms with Gasteiger partial charge in [-0.1, -0.05) is 29.8 Å². The van der Waals surface area contributed by atoms with Crippen LogP contribution in [0.2, 0.25) is 0 Å². The molecule has 106 valence electrons. The second kappa shape index (κ2) is 5.50. The first kappa shape index (κ1) is 17.3. The van der Waals surface area contributed by atoms with E-state index in [1.54, 1.807) is 0 Å². The van der Waals surface area contributed by atoms with Crippen molar-refractivity contribution in [2.24, 2.45) is 5.41 Å². The molecule has 3 nitrogen and oxygen atoms in total. The number of carbonyl (C=O) groups is 2. The van der Waals surface area contributed by atoms with Gasteiger partial charge in [-0.05, 0) is 0 Å². The Morgan fingerprint density at radius 1 is 1.11 bits per heavy atom. The fourth-order valence-electron chi connectivity index (χ4n) is 0.820. The Kier molecular flexibility index (Phi) is 5.27. The molecule has 1 amide bonds. The van der Waals surface area contributed by atoms with E-state index in [1.165, 1.54) is 19.2 Å². The van der Waals surface area contributed by atoms with Crippen molar-refractivity contribution in [1.29, 1.82) is 0 Å². The lowest BCUT2D eigenvalue weighted by atomic mass is 9.89. The number of nitrogens with one attached hydrogen (secondary N) is 1. The minimum Gasteiger partial charge on any atom is -0.350 e. The van der Waals surface area contributed by atoms with Gasteiger partial charge in [0.2, 0.25) is 0 Å². The van der Waals surface area contributed by atoms with E-state index in [4.69, 9.17) is 0 Å². The first-order valence-corrected chi connectivity index (χ1v) is 5.80. The molecule has 0 aromatic carbocycles. The van der Waals surface area contributed by atoms with Crippen molar-refractivity contribution in [3.63, 3.8) is 0 Å². The van der Waals surface area contributed by atoms with Gasteiger partial charge in [0.1, 0.15) is 0 Å². The Labute approximate surface area is 108 Å². The molecule has 0 aromatic rings. The molecule has 0 atom stereocenters. The fourth-order valence-corrected chi connectivity index (χ4v) is 1.58. The maximum Gasteiger partial charge on any atom is 0.463 e. The number of alkyl halides is 6. The Bertz CT molecular complexity index is 340. The lowest BCUT2D eigenvalue weighted by Gasteiger charge is -2.25. The summed E-state index contributed by atoms with van der Waals surface area (Å²) in [7, 11) is 0. The van der Waals surface area contributed by atoms with Gasteiger partial charge in [0.25, 0.3) is 5.91 Å². The maximum absolute atomic E-state index is 12.6. The van der Waals surface area contributed by atoms with Gasteiger partial charge < -0.3 is 5.32 Å². The number of hydrogen-bond acceptors (Lipinski definition) is 2. The SMILES string of the molecule is CC(C)(CNC(=O)C(F)(F)C(F)(F)F)C(=O)CBr. The number of ketones is 1. The third kappa shape index (κ3) is 3.89. The van der Waals surface area contributed by atoms with Crippen molar-refractivity contribution in [2.45, 2.75) is 25.9 Å². The molecule has 0 rings (SSSR count). The van der Waals surface area contributed by atoms with E-state index in [0.29, 0.717) is 0 Å². The quantitative estimate of drug-likeness (QED) is 0.617. The number of Topliss-reactive ketones (excluding diaryl/α,β-unsaturated/α-hetero) is 1. The van der Waals surface area contributed by atoms with Crippen molar-refractivity contribution < 1.29 is 31.5 Å². The summed E-state index contributed by atoms with van der Waals surface area (Å²) in [5.41, 5.74) is -1.24. The van der Waals surface area contributed by atoms with Crippen molar-refractivity contribution >= 4 is 27.6 Å². The van der Waals surface area contributed by atoms with Gasteiger partial charge in [-0.3, -0.25) is 9.59 Å². The Morgan fingerprint density at radius 2 is 1.56 bits per heavy atom. The lowest BCUT2D eigenvalue weighted by Crippen LogP contribution is -2.52. The Morgan fingerprint density at radius 3 is 1.89 bits per heavy atom. The van der Waals surface area contributed by atoms with Crippen LogP contribution < -0.4 is 5.32 Å². The third-order valence-electron chi connectivity index (χ3n) is 2.21. The van der Waals surface area contributed by atoms with Crippen molar-refractivity contribution in [1.82, 2.24) is 5.32 Å². The van der Waals surface area contributed by atoms with Crippen molar-refractivity contribution in [3.8, 4) is 0 Å². The van der Waals surface area contributed by atoms with E-state index in [1.807, 2.05) is 0 Å². The second-order valence-electron chi connectivity index (χ2n) is 4.20. The zero-order valence-corrected chi connectivity index (χ0v) is 11.1. The topological polar surface area (TPSA) is 46.2 Å². The highest BCUT2D eigenvalue weighted by molar-refractivity contribution is 9.09. The summed E-state index contributed by atoms with van der Waals surface area (Å²) in [6.07, 6.45) is -5.96. The molecule has 0 unspecified atom stereocenters. The maximum atomic E-state index is 12.6. The molecule has 0 fully saturated rings. The summed E-state index contributed by atoms with van der Waals surface area (Å²) in [6, 6.07) is 0. The fraction of sp³-hybridized carbons (Fsp3) is 0.778. The molecule has 0 heterocycles. The van der Waals surface area contributed by atoms with E-state index in [-0.39, 0.29) is 5.33 Å². The highest BCUT2D eigenvalue weighted by atomic mass is 79.9. The van der Waals surface area contributed by atoms with Gasteiger partial charge in [-0.2, -0.15) is 22.0 Å². The average Bonchev–Trinajstić information content (AvgIpc) is 2.22. The van der Waals surface area contributed by atoms with E-state index < -0.39 is 35.7 Å². The molecular formula is C9H11BrF5NO2. The largest absolute Gasteiger partial charge is 0.463 e. The van der Waals surface area contributed by atoms with Crippen LogP contribution in [0.4, 0.5) is 22.0 Å². The third-order valence-corrected chi connectivity index (χ3v) is 2.72. The number of halogens is 6. The van der Waals surface area contributed by atoms with Crippen LogP contribution in [0, 0.1) is 5.41 Å². The highest BCUT2D eigenvalue weighted by Gasteiger charge is 2.63. The van der Waals surface area contributed by atoms with E-state index in [2.05, 4.69) is 15.9 Å². The molecule has 9 heteroatoms. The van der Waals surface area contributed by atoms with Crippen molar-refractivity contribution in [3.05, 3.63) is 0 Å². The number of hydrogen-bond donors (Lipinski definition) is 1. The summed E-state index contributed by atoms with van der Waals surface area (Å²) in [6.45, 7) is 2.03. The number of carbonyl (C=O) groups excluding carboxylic acids is 2. The van der Waals surface area contributed by atoms with Crippen LogP contribution in [0.5, 0.6) is 0 Å². The first-order chi connectivity index (χ1) is 7.86. The number of amides is 1. The summed E-state index contributed by atoms with van der Waals surface area (Å²) in [5.74, 6) is -8.37. The minimum absolute atomic E-state index is 0.0917. The van der Waals surface area contributed by atoms with Gasteiger partial charge in [0, 0.05) is 12.0 Å². The zero-order chi connectivity index (χ0) is 14.8. The number of rotatable bonds is 5. The van der Waals surface area contributed by atoms with Crippen molar-refractivity contribution in [2.75, 3.05) is 11.9 Å². The van der Waals surface area contributed by atoms with E-state index in [0.717, 1.165) is 0 Å². The molecule has 0 saturated heterocycles. The summed E-state index contributed by atoms with van der Waals surface area (Å²) in [4.78, 5) is 22.0. The van der Waals surface area contributed by atoms with E-state index >= 15 is 0 Å². The van der Waals surface area contributed by atoms with Crippen LogP contribution >= 0.6 is 15.9 Å². The lowest BCUT2D eigenvalue weighted by molar-refractivity contribution is -0.269. The monoisotopic (exact) mass is 339 g/mol. The molecule has 0 radical (unpaired) electrons. The second-order valence-corrected chi connectivity index (χ2v) is 4.76. The van der Waals surface area contributed by atoms with Gasteiger partial charge >= 0.3 is 12.1 Å². The molecule has 0 saturated carbocycles. The van der Waals surface area contributed by atoms with Gasteiger partial charge in [0.15, 0.2) is 5.78 Å². The molecule has 1 N–H and O–H groups in total. The summed E-state index contributed by atoms with van der Waals surface area (Å²) in [5, 5.41) is 1.34. The highest BCUT2D eigenvalue weighted by Crippen LogP contribution is 2.35. The van der Waals surface area contributed by atoms with E-state index in [9.17, 15) is 31.5 Å². The zero-order valence-electron chi connectivity index (χ0n) is 9.50. The Balaban J connectivity index is 4.67. The smallest absolute Gasteiger partial charge is 0.350 e. The summed E-state index contributed by atoms with van der Waals surface area (Å²) < 4.78 is 60.6. The molecule has 18 heavy (non-hydrogen) atoms.